The molecule has 0 radical (unpaired) electrons. The van der Waals surface area contributed by atoms with Crippen molar-refractivity contribution in [1.82, 2.24) is 0 Å². The number of alkyl halides is 3. The van der Waals surface area contributed by atoms with Gasteiger partial charge in [0.25, 0.3) is 0 Å². The Morgan fingerprint density at radius 2 is 1.47 bits per heavy atom. The molecule has 0 heterocycles. The van der Waals surface area contributed by atoms with Crippen LogP contribution in [0.25, 0.3) is 11.1 Å². The largest absolute Gasteiger partial charge is 0.505 e. The number of anilines is 2. The van der Waals surface area contributed by atoms with E-state index in [0.717, 1.165) is 34.5 Å². The first kappa shape index (κ1) is 29.6. The summed E-state index contributed by atoms with van der Waals surface area (Å²) in [4.78, 5) is 1.80. The normalized spacial score (nSPS) is 12.6. The van der Waals surface area contributed by atoms with E-state index in [4.69, 9.17) is 4.74 Å². The maximum Gasteiger partial charge on any atom is 0.416 e. The topological polar surface area (TPSA) is 32.7 Å². The van der Waals surface area contributed by atoms with E-state index in [1.54, 1.807) is 32.8 Å². The number of para-hydroxylation sites is 1. The van der Waals surface area contributed by atoms with Crippen LogP contribution >= 0.6 is 0 Å². The van der Waals surface area contributed by atoms with Gasteiger partial charge in [0.05, 0.1) is 11.3 Å². The molecule has 0 bridgehead atoms. The number of rotatable bonds is 7. The van der Waals surface area contributed by atoms with Crippen molar-refractivity contribution in [2.75, 3.05) is 25.2 Å². The predicted octanol–water partition coefficient (Wildman–Crippen LogP) is 9.16. The molecule has 0 aliphatic carbocycles. The van der Waals surface area contributed by atoms with E-state index in [2.05, 4.69) is 39.0 Å². The fourth-order valence-electron chi connectivity index (χ4n) is 4.62. The molecule has 0 spiro atoms. The van der Waals surface area contributed by atoms with Crippen LogP contribution in [0.5, 0.6) is 5.75 Å². The van der Waals surface area contributed by atoms with Crippen molar-refractivity contribution in [3.05, 3.63) is 76.9 Å². The zero-order chi connectivity index (χ0) is 28.5. The fourth-order valence-corrected chi connectivity index (χ4v) is 4.62. The van der Waals surface area contributed by atoms with Gasteiger partial charge in [0, 0.05) is 37.1 Å². The second-order valence-corrected chi connectivity index (χ2v) is 12.0. The maximum atomic E-state index is 14.1. The van der Waals surface area contributed by atoms with Crippen LogP contribution in [0.1, 0.15) is 70.2 Å². The zero-order valence-corrected chi connectivity index (χ0v) is 23.8. The molecule has 0 aliphatic heterocycles. The molecule has 0 aliphatic rings. The number of phenolic OH excluding ortho intramolecular Hbond substituents is 1. The Labute approximate surface area is 225 Å². The van der Waals surface area contributed by atoms with Gasteiger partial charge in [0.1, 0.15) is 5.75 Å². The summed E-state index contributed by atoms with van der Waals surface area (Å²) in [5, 5.41) is 11.4. The second-order valence-electron chi connectivity index (χ2n) is 12.0. The Hall–Kier alpha value is -2.99. The van der Waals surface area contributed by atoms with E-state index in [9.17, 15) is 18.3 Å². The molecule has 0 aromatic heterocycles. The molecule has 3 aromatic carbocycles. The fraction of sp³-hybridized carbons (Fsp3) is 0.438. The quantitative estimate of drug-likeness (QED) is 0.311. The summed E-state index contributed by atoms with van der Waals surface area (Å²) < 4.78 is 47.5. The number of methoxy groups -OCH3 is 1. The molecule has 0 atom stereocenters. The molecule has 0 saturated heterocycles. The SMILES string of the molecule is COCCCN(c1ccccc1-c1cc(C)cc(C(C)(C)C)c1)c1cc(C(F)(F)F)cc(C(C)(C)C)c1O. The molecular weight excluding hydrogens is 487 g/mol. The van der Waals surface area contributed by atoms with Gasteiger partial charge in [-0.1, -0.05) is 83.5 Å². The summed E-state index contributed by atoms with van der Waals surface area (Å²) >= 11 is 0. The number of aromatic hydroxyl groups is 1. The standard InChI is InChI=1S/C32H40F3NO2/c1-21-16-22(18-23(17-21)30(2,3)4)25-12-9-10-13-27(25)36(14-11-15-38-8)28-20-24(32(33,34)35)19-26(29(28)37)31(5,6)7/h9-10,12-13,16-20,37H,11,14-15H2,1-8H3. The summed E-state index contributed by atoms with van der Waals surface area (Å²) in [7, 11) is 1.60. The zero-order valence-electron chi connectivity index (χ0n) is 23.8. The number of hydrogen-bond acceptors (Lipinski definition) is 3. The lowest BCUT2D eigenvalue weighted by Gasteiger charge is -2.32. The van der Waals surface area contributed by atoms with Crippen LogP contribution in [0, 0.1) is 6.92 Å². The van der Waals surface area contributed by atoms with Gasteiger partial charge in [-0.3, -0.25) is 0 Å². The number of benzene rings is 3. The average Bonchev–Trinajstić information content (AvgIpc) is 2.80. The third-order valence-electron chi connectivity index (χ3n) is 6.70. The Morgan fingerprint density at radius 3 is 2.05 bits per heavy atom. The van der Waals surface area contributed by atoms with E-state index >= 15 is 0 Å². The lowest BCUT2D eigenvalue weighted by molar-refractivity contribution is -0.137. The third-order valence-corrected chi connectivity index (χ3v) is 6.70. The predicted molar refractivity (Wildman–Crippen MR) is 151 cm³/mol. The van der Waals surface area contributed by atoms with E-state index in [-0.39, 0.29) is 22.4 Å². The summed E-state index contributed by atoms with van der Waals surface area (Å²) in [6.07, 6.45) is -4.00. The minimum absolute atomic E-state index is 0.0746. The van der Waals surface area contributed by atoms with Gasteiger partial charge in [0.15, 0.2) is 0 Å². The van der Waals surface area contributed by atoms with Crippen LogP contribution in [-0.4, -0.2) is 25.4 Å². The first-order chi connectivity index (χ1) is 17.5. The highest BCUT2D eigenvalue weighted by Gasteiger charge is 2.35. The first-order valence-electron chi connectivity index (χ1n) is 13.0. The monoisotopic (exact) mass is 527 g/mol. The number of ether oxygens (including phenoxy) is 1. The Morgan fingerprint density at radius 1 is 0.816 bits per heavy atom. The molecule has 3 nitrogen and oxygen atoms in total. The van der Waals surface area contributed by atoms with Crippen LogP contribution in [0.4, 0.5) is 24.5 Å². The first-order valence-corrected chi connectivity index (χ1v) is 13.0. The van der Waals surface area contributed by atoms with Crippen molar-refractivity contribution in [2.24, 2.45) is 0 Å². The summed E-state index contributed by atoms with van der Waals surface area (Å²) in [5.74, 6) is -0.141. The number of nitrogens with zero attached hydrogens (tertiary/aromatic N) is 1. The van der Waals surface area contributed by atoms with Crippen molar-refractivity contribution in [3.63, 3.8) is 0 Å². The van der Waals surface area contributed by atoms with Gasteiger partial charge in [-0.25, -0.2) is 0 Å². The molecule has 0 amide bonds. The lowest BCUT2D eigenvalue weighted by atomic mass is 9.84. The molecule has 3 aromatic rings. The minimum atomic E-state index is -4.56. The number of aryl methyl sites for hydroxylation is 1. The van der Waals surface area contributed by atoms with Crippen LogP contribution < -0.4 is 4.90 Å². The summed E-state index contributed by atoms with van der Waals surface area (Å²) in [6.45, 7) is 14.7. The summed E-state index contributed by atoms with van der Waals surface area (Å²) in [5.41, 5.74) is 3.69. The number of hydrogen-bond donors (Lipinski definition) is 1. The third kappa shape index (κ3) is 6.71. The van der Waals surface area contributed by atoms with Crippen LogP contribution in [0.15, 0.2) is 54.6 Å². The van der Waals surface area contributed by atoms with Crippen LogP contribution in [0.3, 0.4) is 0 Å². The second kappa shape index (κ2) is 11.0. The lowest BCUT2D eigenvalue weighted by Crippen LogP contribution is -2.23. The van der Waals surface area contributed by atoms with E-state index < -0.39 is 17.2 Å². The van der Waals surface area contributed by atoms with Crippen molar-refractivity contribution >= 4 is 11.4 Å². The summed E-state index contributed by atoms with van der Waals surface area (Å²) in [6, 6.07) is 16.2. The average molecular weight is 528 g/mol. The molecule has 1 N–H and O–H groups in total. The smallest absolute Gasteiger partial charge is 0.416 e. The number of phenols is 1. The molecule has 0 saturated carbocycles. The van der Waals surface area contributed by atoms with Gasteiger partial charge in [-0.05, 0) is 53.5 Å². The van der Waals surface area contributed by atoms with Gasteiger partial charge in [-0.15, -0.1) is 0 Å². The maximum absolute atomic E-state index is 14.1. The van der Waals surface area contributed by atoms with Crippen LogP contribution in [-0.2, 0) is 21.7 Å². The molecule has 0 unspecified atom stereocenters. The highest BCUT2D eigenvalue weighted by Crippen LogP contribution is 2.47. The molecule has 6 heteroatoms. The molecular formula is C32H40F3NO2. The molecule has 206 valence electrons. The molecule has 0 fully saturated rings. The van der Waals surface area contributed by atoms with Gasteiger partial charge in [0.2, 0.25) is 0 Å². The Bertz CT molecular complexity index is 1270. The Kier molecular flexibility index (Phi) is 8.57. The van der Waals surface area contributed by atoms with E-state index in [1.165, 1.54) is 5.56 Å². The van der Waals surface area contributed by atoms with E-state index in [1.807, 2.05) is 31.2 Å². The Balaban J connectivity index is 2.33. The highest BCUT2D eigenvalue weighted by molar-refractivity contribution is 5.85. The van der Waals surface area contributed by atoms with Crippen molar-refractivity contribution in [3.8, 4) is 16.9 Å². The highest BCUT2D eigenvalue weighted by atomic mass is 19.4. The van der Waals surface area contributed by atoms with Crippen molar-refractivity contribution in [2.45, 2.75) is 71.9 Å². The van der Waals surface area contributed by atoms with Crippen molar-refractivity contribution in [1.29, 1.82) is 0 Å². The minimum Gasteiger partial charge on any atom is -0.505 e. The van der Waals surface area contributed by atoms with Crippen LogP contribution in [0.2, 0.25) is 0 Å². The molecule has 38 heavy (non-hydrogen) atoms. The van der Waals surface area contributed by atoms with Gasteiger partial charge >= 0.3 is 6.18 Å². The van der Waals surface area contributed by atoms with Gasteiger partial charge < -0.3 is 14.7 Å². The van der Waals surface area contributed by atoms with Gasteiger partial charge in [-0.2, -0.15) is 13.2 Å². The van der Waals surface area contributed by atoms with E-state index in [0.29, 0.717) is 19.6 Å². The van der Waals surface area contributed by atoms with Crippen molar-refractivity contribution < 1.29 is 23.0 Å². The molecule has 3 rings (SSSR count). The number of halogens is 3.